The van der Waals surface area contributed by atoms with Crippen LogP contribution >= 0.6 is 0 Å². The van der Waals surface area contributed by atoms with E-state index in [-0.39, 0.29) is 0 Å². The normalized spacial score (nSPS) is 12.9. The highest BCUT2D eigenvalue weighted by Crippen LogP contribution is 2.21. The molecule has 0 aliphatic carbocycles. The standard InChI is InChI=1S/C13H16N6O/c1-8-4-5-19-12(16-8)10(7-15-19)13-17-11(18-20-13)6-9(2)14-3/h4-5,7,9,14H,6H2,1-3H3. The van der Waals surface area contributed by atoms with Crippen LogP contribution in [0.4, 0.5) is 0 Å². The maximum Gasteiger partial charge on any atom is 0.263 e. The van der Waals surface area contributed by atoms with Crippen LogP contribution in [0.5, 0.6) is 0 Å². The number of fused-ring (bicyclic) bond motifs is 1. The van der Waals surface area contributed by atoms with Crippen molar-refractivity contribution in [3.8, 4) is 11.5 Å². The monoisotopic (exact) mass is 272 g/mol. The van der Waals surface area contributed by atoms with E-state index in [1.165, 1.54) is 0 Å². The first-order valence-electron chi connectivity index (χ1n) is 6.48. The lowest BCUT2D eigenvalue weighted by Crippen LogP contribution is -2.24. The molecule has 0 radical (unpaired) electrons. The highest BCUT2D eigenvalue weighted by atomic mass is 16.5. The number of hydrogen-bond donors (Lipinski definition) is 1. The van der Waals surface area contributed by atoms with E-state index < -0.39 is 0 Å². The fourth-order valence-corrected chi connectivity index (χ4v) is 1.93. The zero-order chi connectivity index (χ0) is 14.1. The number of likely N-dealkylation sites (N-methyl/N-ethyl adjacent to an activating group) is 1. The average Bonchev–Trinajstić information content (AvgIpc) is 3.04. The maximum atomic E-state index is 5.32. The molecular formula is C13H16N6O. The van der Waals surface area contributed by atoms with Crippen molar-refractivity contribution in [2.75, 3.05) is 7.05 Å². The first-order chi connectivity index (χ1) is 9.67. The van der Waals surface area contributed by atoms with Gasteiger partial charge in [0.2, 0.25) is 0 Å². The van der Waals surface area contributed by atoms with Gasteiger partial charge >= 0.3 is 0 Å². The highest BCUT2D eigenvalue weighted by molar-refractivity contribution is 5.70. The van der Waals surface area contributed by atoms with Gasteiger partial charge in [-0.1, -0.05) is 5.16 Å². The summed E-state index contributed by atoms with van der Waals surface area (Å²) in [6.07, 6.45) is 4.27. The van der Waals surface area contributed by atoms with Crippen LogP contribution in [-0.4, -0.2) is 37.8 Å². The first-order valence-corrected chi connectivity index (χ1v) is 6.48. The van der Waals surface area contributed by atoms with Crippen molar-refractivity contribution in [3.05, 3.63) is 30.0 Å². The third-order valence-corrected chi connectivity index (χ3v) is 3.19. The molecule has 7 heteroatoms. The van der Waals surface area contributed by atoms with E-state index >= 15 is 0 Å². The second-order valence-electron chi connectivity index (χ2n) is 4.80. The average molecular weight is 272 g/mol. The Hall–Kier alpha value is -2.28. The minimum Gasteiger partial charge on any atom is -0.334 e. The van der Waals surface area contributed by atoms with Crippen LogP contribution < -0.4 is 5.32 Å². The van der Waals surface area contributed by atoms with Gasteiger partial charge in [-0.15, -0.1) is 0 Å². The largest absolute Gasteiger partial charge is 0.334 e. The van der Waals surface area contributed by atoms with Crippen LogP contribution in [0.3, 0.4) is 0 Å². The molecule has 0 fully saturated rings. The summed E-state index contributed by atoms with van der Waals surface area (Å²) in [5, 5.41) is 11.4. The van der Waals surface area contributed by atoms with E-state index in [4.69, 9.17) is 4.52 Å². The molecule has 3 aromatic rings. The van der Waals surface area contributed by atoms with Crippen molar-refractivity contribution in [3.63, 3.8) is 0 Å². The smallest absolute Gasteiger partial charge is 0.263 e. The Balaban J connectivity index is 1.97. The van der Waals surface area contributed by atoms with E-state index in [9.17, 15) is 0 Å². The predicted molar refractivity (Wildman–Crippen MR) is 73.2 cm³/mol. The summed E-state index contributed by atoms with van der Waals surface area (Å²) in [4.78, 5) is 8.87. The van der Waals surface area contributed by atoms with Gasteiger partial charge in [-0.25, -0.2) is 9.50 Å². The van der Waals surface area contributed by atoms with Crippen LogP contribution in [0.2, 0.25) is 0 Å². The Bertz CT molecular complexity index is 731. The van der Waals surface area contributed by atoms with Gasteiger partial charge in [0.15, 0.2) is 11.5 Å². The predicted octanol–water partition coefficient (Wildman–Crippen LogP) is 1.24. The quantitative estimate of drug-likeness (QED) is 0.769. The molecule has 0 aromatic carbocycles. The molecule has 3 heterocycles. The van der Waals surface area contributed by atoms with Crippen molar-refractivity contribution in [1.82, 2.24) is 30.1 Å². The zero-order valence-corrected chi connectivity index (χ0v) is 11.7. The number of nitrogens with zero attached hydrogens (tertiary/aromatic N) is 5. The second-order valence-corrected chi connectivity index (χ2v) is 4.80. The molecule has 7 nitrogen and oxygen atoms in total. The molecule has 0 saturated carbocycles. The second kappa shape index (κ2) is 5.01. The molecule has 0 aliphatic rings. The van der Waals surface area contributed by atoms with Gasteiger partial charge in [-0.05, 0) is 27.0 Å². The maximum absolute atomic E-state index is 5.32. The fraction of sp³-hybridized carbons (Fsp3) is 0.385. The molecule has 1 atom stereocenters. The summed E-state index contributed by atoms with van der Waals surface area (Å²) in [6.45, 7) is 4.00. The van der Waals surface area contributed by atoms with Gasteiger partial charge in [-0.3, -0.25) is 0 Å². The number of nitrogens with one attached hydrogen (secondary N) is 1. The molecule has 20 heavy (non-hydrogen) atoms. The summed E-state index contributed by atoms with van der Waals surface area (Å²) < 4.78 is 7.02. The summed E-state index contributed by atoms with van der Waals surface area (Å²) in [5.74, 6) is 1.13. The molecule has 0 amide bonds. The lowest BCUT2D eigenvalue weighted by molar-refractivity contribution is 0.418. The van der Waals surface area contributed by atoms with Gasteiger partial charge in [-0.2, -0.15) is 10.1 Å². The van der Waals surface area contributed by atoms with E-state index in [0.29, 0.717) is 24.2 Å². The molecule has 0 aliphatic heterocycles. The van der Waals surface area contributed by atoms with E-state index in [1.807, 2.05) is 26.2 Å². The third-order valence-electron chi connectivity index (χ3n) is 3.19. The molecule has 1 unspecified atom stereocenters. The SMILES string of the molecule is CNC(C)Cc1noc(-c2cnn3ccc(C)nc23)n1. The summed E-state index contributed by atoms with van der Waals surface area (Å²) in [5.41, 5.74) is 2.40. The van der Waals surface area contributed by atoms with E-state index in [2.05, 4.69) is 32.5 Å². The Morgan fingerprint density at radius 3 is 3.05 bits per heavy atom. The fourth-order valence-electron chi connectivity index (χ4n) is 1.93. The van der Waals surface area contributed by atoms with Crippen molar-refractivity contribution in [2.24, 2.45) is 0 Å². The Morgan fingerprint density at radius 1 is 1.40 bits per heavy atom. The zero-order valence-electron chi connectivity index (χ0n) is 11.7. The topological polar surface area (TPSA) is 81.1 Å². The third kappa shape index (κ3) is 2.27. The summed E-state index contributed by atoms with van der Waals surface area (Å²) in [6, 6.07) is 2.20. The molecule has 0 bridgehead atoms. The Kier molecular flexibility index (Phi) is 3.19. The summed E-state index contributed by atoms with van der Waals surface area (Å²) >= 11 is 0. The molecule has 3 aromatic heterocycles. The van der Waals surface area contributed by atoms with Crippen molar-refractivity contribution in [2.45, 2.75) is 26.3 Å². The Labute approximate surface area is 116 Å². The van der Waals surface area contributed by atoms with Crippen molar-refractivity contribution >= 4 is 5.65 Å². The number of rotatable bonds is 4. The van der Waals surface area contributed by atoms with Crippen molar-refractivity contribution < 1.29 is 4.52 Å². The number of aryl methyl sites for hydroxylation is 1. The number of hydrogen-bond acceptors (Lipinski definition) is 6. The highest BCUT2D eigenvalue weighted by Gasteiger charge is 2.16. The van der Waals surface area contributed by atoms with Gasteiger partial charge in [0.05, 0.1) is 6.20 Å². The van der Waals surface area contributed by atoms with Crippen LogP contribution in [0.1, 0.15) is 18.4 Å². The van der Waals surface area contributed by atoms with Gasteiger partial charge < -0.3 is 9.84 Å². The molecule has 3 rings (SSSR count). The van der Waals surface area contributed by atoms with Gasteiger partial charge in [0, 0.05) is 24.4 Å². The first kappa shape index (κ1) is 12.7. The molecular weight excluding hydrogens is 256 g/mol. The minimum atomic E-state index is 0.296. The van der Waals surface area contributed by atoms with Crippen LogP contribution in [-0.2, 0) is 6.42 Å². The lowest BCUT2D eigenvalue weighted by Gasteiger charge is -2.04. The van der Waals surface area contributed by atoms with Crippen LogP contribution in [0.15, 0.2) is 23.0 Å². The lowest BCUT2D eigenvalue weighted by atomic mass is 10.2. The van der Waals surface area contributed by atoms with Crippen LogP contribution in [0, 0.1) is 6.92 Å². The van der Waals surface area contributed by atoms with Gasteiger partial charge in [0.1, 0.15) is 5.56 Å². The van der Waals surface area contributed by atoms with Crippen LogP contribution in [0.25, 0.3) is 17.1 Å². The molecule has 104 valence electrons. The van der Waals surface area contributed by atoms with Crippen molar-refractivity contribution in [1.29, 1.82) is 0 Å². The molecule has 0 saturated heterocycles. The van der Waals surface area contributed by atoms with E-state index in [0.717, 1.165) is 16.9 Å². The molecule has 0 spiro atoms. The summed E-state index contributed by atoms with van der Waals surface area (Å²) in [7, 11) is 1.91. The number of aromatic nitrogens is 5. The minimum absolute atomic E-state index is 0.296. The Morgan fingerprint density at radius 2 is 2.25 bits per heavy atom. The van der Waals surface area contributed by atoms with E-state index in [1.54, 1.807) is 10.7 Å². The van der Waals surface area contributed by atoms with Gasteiger partial charge in [0.25, 0.3) is 5.89 Å². The molecule has 1 N–H and O–H groups in total.